The average Bonchev–Trinajstić information content (AvgIpc) is 3.05. The number of nitrogens with zero attached hydrogens (tertiary/aromatic N) is 3. The van der Waals surface area contributed by atoms with E-state index in [0.717, 1.165) is 12.1 Å². The normalized spacial score (nSPS) is 29.9. The molecule has 2 amide bonds. The Bertz CT molecular complexity index is 653. The zero-order chi connectivity index (χ0) is 17.6. The lowest BCUT2D eigenvalue weighted by Crippen LogP contribution is -2.56. The molecule has 2 fully saturated rings. The monoisotopic (exact) mass is 332 g/mol. The van der Waals surface area contributed by atoms with Crippen LogP contribution in [0.2, 0.25) is 0 Å². The summed E-state index contributed by atoms with van der Waals surface area (Å²) < 4.78 is 0. The lowest BCUT2D eigenvalue weighted by atomic mass is 9.91. The van der Waals surface area contributed by atoms with E-state index in [-0.39, 0.29) is 29.2 Å². The standard InChI is InChI=1S/C18H28N4O2/c1-11(2)18(5)9-14(18)16(23)22-7-6-21(10-13(22)4)17(24)15-8-12(3)19-20-15/h8,11,13-14H,6-7,9-10H2,1-5H3,(H,19,20)/t13-,14?,18?/m1/s1. The van der Waals surface area contributed by atoms with Crippen LogP contribution in [-0.4, -0.2) is 57.5 Å². The molecule has 2 heterocycles. The maximum absolute atomic E-state index is 12.8. The Labute approximate surface area is 143 Å². The number of rotatable bonds is 3. The first-order valence-electron chi connectivity index (χ1n) is 8.86. The third kappa shape index (κ3) is 2.82. The first-order chi connectivity index (χ1) is 11.2. The lowest BCUT2D eigenvalue weighted by molar-refractivity contribution is -0.137. The number of piperazine rings is 1. The summed E-state index contributed by atoms with van der Waals surface area (Å²) in [5.74, 6) is 0.877. The van der Waals surface area contributed by atoms with Crippen LogP contribution in [0.1, 0.15) is 50.3 Å². The quantitative estimate of drug-likeness (QED) is 0.921. The van der Waals surface area contributed by atoms with Crippen molar-refractivity contribution in [1.82, 2.24) is 20.0 Å². The highest BCUT2D eigenvalue weighted by Gasteiger charge is 2.57. The summed E-state index contributed by atoms with van der Waals surface area (Å²) in [6.07, 6.45) is 0.988. The molecule has 2 aliphatic rings. The fourth-order valence-electron chi connectivity index (χ4n) is 3.75. The summed E-state index contributed by atoms with van der Waals surface area (Å²) in [5.41, 5.74) is 1.48. The van der Waals surface area contributed by atoms with Crippen molar-refractivity contribution in [3.8, 4) is 0 Å². The van der Waals surface area contributed by atoms with Gasteiger partial charge < -0.3 is 9.80 Å². The molecule has 6 heteroatoms. The van der Waals surface area contributed by atoms with E-state index in [0.29, 0.717) is 31.2 Å². The SMILES string of the molecule is Cc1cc(C(=O)N2CCN(C(=O)C3CC3(C)C(C)C)[C@H](C)C2)n[nH]1. The minimum atomic E-state index is -0.0586. The Kier molecular flexibility index (Phi) is 4.18. The van der Waals surface area contributed by atoms with Gasteiger partial charge in [0.25, 0.3) is 5.91 Å². The molecule has 24 heavy (non-hydrogen) atoms. The summed E-state index contributed by atoms with van der Waals surface area (Å²) in [6.45, 7) is 12.3. The summed E-state index contributed by atoms with van der Waals surface area (Å²) in [7, 11) is 0. The molecule has 1 saturated carbocycles. The predicted molar refractivity (Wildman–Crippen MR) is 91.5 cm³/mol. The van der Waals surface area contributed by atoms with Gasteiger partial charge in [-0.25, -0.2) is 0 Å². The summed E-state index contributed by atoms with van der Waals surface area (Å²) in [4.78, 5) is 29.1. The fraction of sp³-hybridized carbons (Fsp3) is 0.722. The number of hydrogen-bond donors (Lipinski definition) is 1. The molecule has 3 rings (SSSR count). The van der Waals surface area contributed by atoms with Gasteiger partial charge in [-0.1, -0.05) is 20.8 Å². The molecule has 0 aromatic carbocycles. The number of H-pyrrole nitrogens is 1. The van der Waals surface area contributed by atoms with Gasteiger partial charge >= 0.3 is 0 Å². The second-order valence-corrected chi connectivity index (χ2v) is 7.99. The van der Waals surface area contributed by atoms with Crippen LogP contribution >= 0.6 is 0 Å². The first-order valence-corrected chi connectivity index (χ1v) is 8.86. The van der Waals surface area contributed by atoms with Crippen molar-refractivity contribution in [2.24, 2.45) is 17.3 Å². The smallest absolute Gasteiger partial charge is 0.274 e. The Morgan fingerprint density at radius 3 is 2.58 bits per heavy atom. The number of carbonyl (C=O) groups excluding carboxylic acids is 2. The second kappa shape index (κ2) is 5.90. The molecule has 3 atom stereocenters. The topological polar surface area (TPSA) is 69.3 Å². The maximum atomic E-state index is 12.8. The molecule has 1 aliphatic carbocycles. The molecule has 0 bridgehead atoms. The van der Waals surface area contributed by atoms with Gasteiger partial charge in [0, 0.05) is 37.3 Å². The molecule has 1 aromatic rings. The largest absolute Gasteiger partial charge is 0.336 e. The zero-order valence-electron chi connectivity index (χ0n) is 15.3. The van der Waals surface area contributed by atoms with E-state index in [4.69, 9.17) is 0 Å². The molecule has 1 aliphatic heterocycles. The van der Waals surface area contributed by atoms with Gasteiger partial charge in [-0.15, -0.1) is 0 Å². The maximum Gasteiger partial charge on any atom is 0.274 e. The van der Waals surface area contributed by atoms with E-state index in [1.165, 1.54) is 0 Å². The van der Waals surface area contributed by atoms with E-state index < -0.39 is 0 Å². The van der Waals surface area contributed by atoms with Crippen LogP contribution in [0.5, 0.6) is 0 Å². The number of amides is 2. The lowest BCUT2D eigenvalue weighted by Gasteiger charge is -2.40. The Balaban J connectivity index is 1.62. The minimum absolute atomic E-state index is 0.0484. The van der Waals surface area contributed by atoms with Crippen LogP contribution in [0.25, 0.3) is 0 Å². The highest BCUT2D eigenvalue weighted by atomic mass is 16.2. The van der Waals surface area contributed by atoms with Crippen LogP contribution in [0.3, 0.4) is 0 Å². The Morgan fingerprint density at radius 2 is 2.08 bits per heavy atom. The molecule has 1 aromatic heterocycles. The third-order valence-electron chi connectivity index (χ3n) is 6.02. The number of aromatic amines is 1. The van der Waals surface area contributed by atoms with Crippen molar-refractivity contribution in [3.05, 3.63) is 17.5 Å². The summed E-state index contributed by atoms with van der Waals surface area (Å²) in [5, 5.41) is 6.86. The molecular weight excluding hydrogens is 304 g/mol. The zero-order valence-corrected chi connectivity index (χ0v) is 15.3. The van der Waals surface area contributed by atoms with E-state index in [1.54, 1.807) is 11.0 Å². The van der Waals surface area contributed by atoms with Crippen molar-refractivity contribution in [1.29, 1.82) is 0 Å². The van der Waals surface area contributed by atoms with Gasteiger partial charge in [0.2, 0.25) is 5.91 Å². The number of aryl methyl sites for hydroxylation is 1. The van der Waals surface area contributed by atoms with E-state index in [9.17, 15) is 9.59 Å². The Morgan fingerprint density at radius 1 is 1.38 bits per heavy atom. The fourth-order valence-corrected chi connectivity index (χ4v) is 3.75. The van der Waals surface area contributed by atoms with Gasteiger partial charge in [-0.05, 0) is 37.7 Å². The van der Waals surface area contributed by atoms with Gasteiger partial charge in [-0.2, -0.15) is 5.10 Å². The highest BCUT2D eigenvalue weighted by Crippen LogP contribution is 2.58. The second-order valence-electron chi connectivity index (χ2n) is 7.99. The molecule has 0 spiro atoms. The van der Waals surface area contributed by atoms with Crippen LogP contribution in [0.15, 0.2) is 6.07 Å². The van der Waals surface area contributed by atoms with Gasteiger partial charge in [0.05, 0.1) is 0 Å². The third-order valence-corrected chi connectivity index (χ3v) is 6.02. The van der Waals surface area contributed by atoms with Crippen LogP contribution < -0.4 is 0 Å². The highest BCUT2D eigenvalue weighted by molar-refractivity contribution is 5.92. The minimum Gasteiger partial charge on any atom is -0.336 e. The van der Waals surface area contributed by atoms with Gasteiger partial charge in [0.1, 0.15) is 5.69 Å². The number of aromatic nitrogens is 2. The molecule has 0 radical (unpaired) electrons. The van der Waals surface area contributed by atoms with Crippen molar-refractivity contribution in [2.75, 3.05) is 19.6 Å². The molecule has 2 unspecified atom stereocenters. The van der Waals surface area contributed by atoms with Gasteiger partial charge in [0.15, 0.2) is 0 Å². The molecule has 6 nitrogen and oxygen atoms in total. The Hall–Kier alpha value is -1.85. The number of hydrogen-bond acceptors (Lipinski definition) is 3. The van der Waals surface area contributed by atoms with Crippen molar-refractivity contribution in [3.63, 3.8) is 0 Å². The van der Waals surface area contributed by atoms with E-state index >= 15 is 0 Å². The van der Waals surface area contributed by atoms with Crippen LogP contribution in [0, 0.1) is 24.2 Å². The summed E-state index contributed by atoms with van der Waals surface area (Å²) in [6, 6.07) is 1.82. The van der Waals surface area contributed by atoms with Crippen LogP contribution in [0.4, 0.5) is 0 Å². The number of carbonyl (C=O) groups is 2. The van der Waals surface area contributed by atoms with Crippen molar-refractivity contribution < 1.29 is 9.59 Å². The van der Waals surface area contributed by atoms with Crippen LogP contribution in [-0.2, 0) is 4.79 Å². The predicted octanol–water partition coefficient (Wildman–Crippen LogP) is 2.07. The molecule has 1 N–H and O–H groups in total. The number of nitrogens with one attached hydrogen (secondary N) is 1. The van der Waals surface area contributed by atoms with E-state index in [2.05, 4.69) is 31.0 Å². The average molecular weight is 332 g/mol. The van der Waals surface area contributed by atoms with Gasteiger partial charge in [-0.3, -0.25) is 14.7 Å². The molecule has 132 valence electrons. The van der Waals surface area contributed by atoms with E-state index in [1.807, 2.05) is 18.7 Å². The molecule has 1 saturated heterocycles. The van der Waals surface area contributed by atoms with Crippen molar-refractivity contribution in [2.45, 2.75) is 47.1 Å². The first kappa shape index (κ1) is 17.0. The molecular formula is C18H28N4O2. The summed E-state index contributed by atoms with van der Waals surface area (Å²) >= 11 is 0. The van der Waals surface area contributed by atoms with Crippen molar-refractivity contribution >= 4 is 11.8 Å².